The van der Waals surface area contributed by atoms with Crippen LogP contribution in [0.3, 0.4) is 0 Å². The summed E-state index contributed by atoms with van der Waals surface area (Å²) in [5.74, 6) is 0. The van der Waals surface area contributed by atoms with Gasteiger partial charge < -0.3 is 10.0 Å². The number of benzene rings is 1. The average Bonchev–Trinajstić information content (AvgIpc) is 2.73. The van der Waals surface area contributed by atoms with E-state index >= 15 is 0 Å². The number of rotatable bonds is 3. The molecule has 1 saturated heterocycles. The second-order valence-corrected chi connectivity index (χ2v) is 5.65. The number of halogens is 1. The number of nitrogens with zero attached hydrogens (tertiary/aromatic N) is 1. The van der Waals surface area contributed by atoms with Gasteiger partial charge in [-0.05, 0) is 30.9 Å². The fourth-order valence-electron chi connectivity index (χ4n) is 2.08. The van der Waals surface area contributed by atoms with E-state index in [1.165, 1.54) is 0 Å². The molecule has 1 aliphatic heterocycles. The van der Waals surface area contributed by atoms with E-state index in [4.69, 9.17) is 11.6 Å². The molecule has 0 spiro atoms. The minimum Gasteiger partial charge on any atom is -0.380 e. The molecule has 2 atom stereocenters. The molecular weight excluding hydrogens is 257 g/mol. The lowest BCUT2D eigenvalue weighted by Gasteiger charge is -2.22. The van der Waals surface area contributed by atoms with Gasteiger partial charge in [-0.1, -0.05) is 20.2 Å². The lowest BCUT2D eigenvalue weighted by Crippen LogP contribution is -2.39. The van der Waals surface area contributed by atoms with Crippen molar-refractivity contribution < 1.29 is 9.90 Å². The van der Waals surface area contributed by atoms with Crippen LogP contribution in [0.5, 0.6) is 0 Å². The molecule has 5 heteroatoms. The number of carbonyl (C=O) groups is 1. The monoisotopic (exact) mass is 271 g/mol. The first-order chi connectivity index (χ1) is 8.05. The molecule has 0 bridgehead atoms. The Morgan fingerprint density at radius 3 is 2.71 bits per heavy atom. The molecule has 0 amide bonds. The highest BCUT2D eigenvalue weighted by atomic mass is 35.5. The van der Waals surface area contributed by atoms with E-state index in [0.29, 0.717) is 24.5 Å². The van der Waals surface area contributed by atoms with Gasteiger partial charge in [0.2, 0.25) is 0 Å². The molecule has 1 N–H and O–H groups in total. The maximum Gasteiger partial charge on any atom is 0.184 e. The molecule has 0 saturated carbocycles. The number of carbonyl (C=O) groups excluding carboxylic acids is 1. The summed E-state index contributed by atoms with van der Waals surface area (Å²) >= 11 is 5.83. The van der Waals surface area contributed by atoms with Gasteiger partial charge in [-0.15, -0.1) is 0 Å². The van der Waals surface area contributed by atoms with E-state index in [9.17, 15) is 9.90 Å². The van der Waals surface area contributed by atoms with Crippen LogP contribution in [0.4, 0.5) is 5.69 Å². The summed E-state index contributed by atoms with van der Waals surface area (Å²) in [6.45, 7) is 2.90. The van der Waals surface area contributed by atoms with Crippen molar-refractivity contribution in [1.29, 1.82) is 0 Å². The Balaban J connectivity index is 2.12. The van der Waals surface area contributed by atoms with E-state index in [1.54, 1.807) is 0 Å². The van der Waals surface area contributed by atoms with Gasteiger partial charge in [-0.3, -0.25) is 4.79 Å². The summed E-state index contributed by atoms with van der Waals surface area (Å²) in [6.07, 6.45) is 0.509. The van der Waals surface area contributed by atoms with Crippen molar-refractivity contribution in [3.05, 3.63) is 29.3 Å². The van der Waals surface area contributed by atoms with Gasteiger partial charge in [-0.2, -0.15) is 0 Å². The first kappa shape index (κ1) is 12.8. The quantitative estimate of drug-likeness (QED) is 0.856. The number of hydrogen-bond donors (Lipinski definition) is 1. The summed E-state index contributed by atoms with van der Waals surface area (Å²) in [7, 11) is 0.145. The zero-order valence-corrected chi connectivity index (χ0v) is 11.4. The van der Waals surface area contributed by atoms with Gasteiger partial charge in [0.25, 0.3) is 0 Å². The van der Waals surface area contributed by atoms with Gasteiger partial charge in [0.15, 0.2) is 5.52 Å². The van der Waals surface area contributed by atoms with E-state index in [0.717, 1.165) is 5.69 Å². The number of anilines is 1. The van der Waals surface area contributed by atoms with E-state index < -0.39 is 5.60 Å². The van der Waals surface area contributed by atoms with Crippen LogP contribution in [-0.4, -0.2) is 36.0 Å². The van der Waals surface area contributed by atoms with E-state index in [-0.39, 0.29) is 14.1 Å². The maximum atomic E-state index is 11.7. The zero-order valence-electron chi connectivity index (χ0n) is 9.61. The lowest BCUT2D eigenvalue weighted by molar-refractivity contribution is -0.126. The molecular formula is C12H15ClNO2P. The van der Waals surface area contributed by atoms with Crippen molar-refractivity contribution in [2.45, 2.75) is 12.0 Å². The fraction of sp³-hybridized carbons (Fsp3) is 0.417. The van der Waals surface area contributed by atoms with Crippen molar-refractivity contribution in [3.63, 3.8) is 0 Å². The number of hydrogen-bond acceptors (Lipinski definition) is 3. The minimum absolute atomic E-state index is 0.0473. The molecule has 1 aliphatic rings. The molecule has 2 rings (SSSR count). The lowest BCUT2D eigenvalue weighted by atomic mass is 10.1. The first-order valence-corrected chi connectivity index (χ1v) is 7.38. The van der Waals surface area contributed by atoms with Crippen LogP contribution in [-0.2, 0) is 4.79 Å². The van der Waals surface area contributed by atoms with Crippen molar-refractivity contribution in [1.82, 2.24) is 0 Å². The Kier molecular flexibility index (Phi) is 3.72. The predicted octanol–water partition coefficient (Wildman–Crippen LogP) is 2.12. The molecule has 1 aromatic rings. The highest BCUT2D eigenvalue weighted by molar-refractivity contribution is 7.57. The molecule has 92 valence electrons. The Bertz CT molecular complexity index is 423. The first-order valence-electron chi connectivity index (χ1n) is 5.50. The molecule has 17 heavy (non-hydrogen) atoms. The number of β-amino-alcohol motifs (C(OH)–C–C–N with tert-alkyl or cyclic N) is 1. The smallest absolute Gasteiger partial charge is 0.184 e. The van der Waals surface area contributed by atoms with Crippen LogP contribution < -0.4 is 4.90 Å². The summed E-state index contributed by atoms with van der Waals surface area (Å²) in [5, 5.41) is 10.9. The third-order valence-electron chi connectivity index (χ3n) is 3.09. The SMILES string of the molecule is CPC(=O)C1(O)CCN(c2ccc(Cl)cc2)C1. The van der Waals surface area contributed by atoms with E-state index in [2.05, 4.69) is 0 Å². The molecule has 0 aromatic heterocycles. The third-order valence-corrected chi connectivity index (χ3v) is 4.26. The Labute approximate surface area is 108 Å². The Hall–Kier alpha value is -0.630. The standard InChI is InChI=1S/C12H15ClNO2P/c1-17-11(15)12(16)6-7-14(8-12)10-4-2-9(13)3-5-10/h2-5,16-17H,6-8H2,1H3. The second kappa shape index (κ2) is 4.93. The van der Waals surface area contributed by atoms with Crippen molar-refractivity contribution in [3.8, 4) is 0 Å². The van der Waals surface area contributed by atoms with Gasteiger partial charge in [0.05, 0.1) is 6.54 Å². The summed E-state index contributed by atoms with van der Waals surface area (Å²) < 4.78 is 0. The molecule has 1 fully saturated rings. The Morgan fingerprint density at radius 1 is 1.47 bits per heavy atom. The molecule has 0 aliphatic carbocycles. The topological polar surface area (TPSA) is 40.5 Å². The highest BCUT2D eigenvalue weighted by Gasteiger charge is 2.41. The molecule has 0 radical (unpaired) electrons. The maximum absolute atomic E-state index is 11.7. The van der Waals surface area contributed by atoms with Crippen LogP contribution in [0.1, 0.15) is 6.42 Å². The fourth-order valence-corrected chi connectivity index (χ4v) is 2.88. The van der Waals surface area contributed by atoms with Crippen LogP contribution in [0.2, 0.25) is 5.02 Å². The van der Waals surface area contributed by atoms with Crippen molar-refractivity contribution >= 4 is 31.4 Å². The molecule has 1 aromatic carbocycles. The summed E-state index contributed by atoms with van der Waals surface area (Å²) in [5.41, 5.74) is -0.209. The minimum atomic E-state index is -1.16. The summed E-state index contributed by atoms with van der Waals surface area (Å²) in [4.78, 5) is 13.7. The van der Waals surface area contributed by atoms with Crippen molar-refractivity contribution in [2.24, 2.45) is 0 Å². The molecule has 2 unspecified atom stereocenters. The van der Waals surface area contributed by atoms with Gasteiger partial charge >= 0.3 is 0 Å². The third kappa shape index (κ3) is 2.62. The second-order valence-electron chi connectivity index (χ2n) is 4.26. The van der Waals surface area contributed by atoms with Crippen LogP contribution >= 0.6 is 20.2 Å². The summed E-state index contributed by atoms with van der Waals surface area (Å²) in [6, 6.07) is 7.45. The predicted molar refractivity (Wildman–Crippen MR) is 72.5 cm³/mol. The zero-order chi connectivity index (χ0) is 12.5. The highest BCUT2D eigenvalue weighted by Crippen LogP contribution is 2.31. The van der Waals surface area contributed by atoms with Gasteiger partial charge in [0, 0.05) is 23.7 Å². The number of aliphatic hydroxyl groups is 1. The van der Waals surface area contributed by atoms with Gasteiger partial charge in [0.1, 0.15) is 5.60 Å². The van der Waals surface area contributed by atoms with Crippen LogP contribution in [0, 0.1) is 0 Å². The van der Waals surface area contributed by atoms with Crippen LogP contribution in [0.15, 0.2) is 24.3 Å². The van der Waals surface area contributed by atoms with Crippen molar-refractivity contribution in [2.75, 3.05) is 24.7 Å². The van der Waals surface area contributed by atoms with E-state index in [1.807, 2.05) is 35.8 Å². The molecule has 1 heterocycles. The largest absolute Gasteiger partial charge is 0.380 e. The average molecular weight is 272 g/mol. The van der Waals surface area contributed by atoms with Crippen LogP contribution in [0.25, 0.3) is 0 Å². The van der Waals surface area contributed by atoms with Gasteiger partial charge in [-0.25, -0.2) is 0 Å². The Morgan fingerprint density at radius 2 is 2.12 bits per heavy atom. The molecule has 3 nitrogen and oxygen atoms in total. The normalized spacial score (nSPS) is 24.8.